The van der Waals surface area contributed by atoms with Gasteiger partial charge in [0.15, 0.2) is 0 Å². The molecule has 0 aromatic carbocycles. The quantitative estimate of drug-likeness (QED) is 0.777. The van der Waals surface area contributed by atoms with Gasteiger partial charge in [0.2, 0.25) is 5.91 Å². The molecule has 1 heterocycles. The van der Waals surface area contributed by atoms with Crippen LogP contribution in [-0.2, 0) is 14.3 Å². The number of hydrogen-bond acceptors (Lipinski definition) is 3. The van der Waals surface area contributed by atoms with Gasteiger partial charge >= 0.3 is 5.97 Å². The number of hydrogen-bond donors (Lipinski definition) is 1. The molecular formula is C15H23NO3. The summed E-state index contributed by atoms with van der Waals surface area (Å²) < 4.78 is 5.84. The average Bonchev–Trinajstić information content (AvgIpc) is 2.96. The summed E-state index contributed by atoms with van der Waals surface area (Å²) in [5.41, 5.74) is 0.192. The second-order valence-electron chi connectivity index (χ2n) is 7.39. The largest absolute Gasteiger partial charge is 0.460 e. The van der Waals surface area contributed by atoms with Gasteiger partial charge in [0, 0.05) is 17.3 Å². The van der Waals surface area contributed by atoms with Gasteiger partial charge in [0.25, 0.3) is 0 Å². The Kier molecular flexibility index (Phi) is 2.70. The number of fused-ring (bicyclic) bond motifs is 2. The van der Waals surface area contributed by atoms with Crippen molar-refractivity contribution in [2.45, 2.75) is 65.0 Å². The minimum absolute atomic E-state index is 0.0104. The second-order valence-corrected chi connectivity index (χ2v) is 7.39. The Morgan fingerprint density at radius 2 is 2.05 bits per heavy atom. The lowest BCUT2D eigenvalue weighted by Crippen LogP contribution is -2.46. The summed E-state index contributed by atoms with van der Waals surface area (Å²) in [4.78, 5) is 23.4. The fourth-order valence-electron chi connectivity index (χ4n) is 4.54. The number of esters is 1. The molecule has 0 spiro atoms. The third-order valence-electron chi connectivity index (χ3n) is 5.65. The van der Waals surface area contributed by atoms with E-state index < -0.39 is 6.04 Å². The van der Waals surface area contributed by atoms with Crippen LogP contribution in [0.1, 0.15) is 52.9 Å². The van der Waals surface area contributed by atoms with E-state index in [4.69, 9.17) is 4.74 Å². The molecule has 4 heteroatoms. The van der Waals surface area contributed by atoms with Crippen LogP contribution in [0.2, 0.25) is 0 Å². The molecule has 2 saturated carbocycles. The van der Waals surface area contributed by atoms with Crippen molar-refractivity contribution in [2.24, 2.45) is 16.7 Å². The summed E-state index contributed by atoms with van der Waals surface area (Å²) in [5.74, 6) is 0.381. The molecule has 3 fully saturated rings. The van der Waals surface area contributed by atoms with Gasteiger partial charge in [-0.15, -0.1) is 0 Å². The minimum Gasteiger partial charge on any atom is -0.460 e. The van der Waals surface area contributed by atoms with Gasteiger partial charge in [-0.2, -0.15) is 0 Å². The summed E-state index contributed by atoms with van der Waals surface area (Å²) in [6.45, 7) is 6.67. The topological polar surface area (TPSA) is 55.4 Å². The van der Waals surface area contributed by atoms with E-state index in [1.807, 2.05) is 0 Å². The standard InChI is InChI=1S/C15H23NO3/c1-14(2)9-6-7-15(3,8-9)13(14)19-12(18)10-4-5-11(17)16-10/h9-10,13H,4-8H2,1-3H3,(H,16,17)/t9-,10?,13-,15+/m0/s1. The van der Waals surface area contributed by atoms with Crippen LogP contribution < -0.4 is 5.32 Å². The van der Waals surface area contributed by atoms with Crippen molar-refractivity contribution >= 4 is 11.9 Å². The monoisotopic (exact) mass is 265 g/mol. The first-order valence-electron chi connectivity index (χ1n) is 7.33. The molecule has 4 nitrogen and oxygen atoms in total. The van der Waals surface area contributed by atoms with Gasteiger partial charge in [-0.3, -0.25) is 4.79 Å². The van der Waals surface area contributed by atoms with E-state index in [1.165, 1.54) is 6.42 Å². The van der Waals surface area contributed by atoms with Gasteiger partial charge in [0.1, 0.15) is 12.1 Å². The lowest BCUT2D eigenvalue weighted by molar-refractivity contribution is -0.167. The molecule has 106 valence electrons. The van der Waals surface area contributed by atoms with Crippen molar-refractivity contribution in [3.05, 3.63) is 0 Å². The SMILES string of the molecule is CC1(C)[C@H]2CC[C@](C)(C2)[C@H]1OC(=O)C1CCC(=O)N1. The molecular weight excluding hydrogens is 242 g/mol. The molecule has 19 heavy (non-hydrogen) atoms. The Morgan fingerprint density at radius 3 is 2.58 bits per heavy atom. The molecule has 1 amide bonds. The summed E-state index contributed by atoms with van der Waals surface area (Å²) in [6.07, 6.45) is 4.56. The zero-order valence-electron chi connectivity index (χ0n) is 12.0. The lowest BCUT2D eigenvalue weighted by Gasteiger charge is -2.42. The maximum Gasteiger partial charge on any atom is 0.328 e. The number of carbonyl (C=O) groups excluding carboxylic acids is 2. The number of amides is 1. The highest BCUT2D eigenvalue weighted by atomic mass is 16.5. The van der Waals surface area contributed by atoms with Gasteiger partial charge in [-0.1, -0.05) is 20.8 Å². The van der Waals surface area contributed by atoms with Gasteiger partial charge in [0.05, 0.1) is 0 Å². The maximum absolute atomic E-state index is 12.2. The first-order chi connectivity index (χ1) is 8.83. The normalized spacial score (nSPS) is 43.3. The van der Waals surface area contributed by atoms with Gasteiger partial charge in [-0.25, -0.2) is 4.79 Å². The van der Waals surface area contributed by atoms with E-state index in [2.05, 4.69) is 26.1 Å². The van der Waals surface area contributed by atoms with Crippen LogP contribution >= 0.6 is 0 Å². The first kappa shape index (κ1) is 12.9. The van der Waals surface area contributed by atoms with E-state index in [0.29, 0.717) is 18.8 Å². The molecule has 0 aromatic heterocycles. The number of ether oxygens (including phenoxy) is 1. The molecule has 2 aliphatic carbocycles. The highest BCUT2D eigenvalue weighted by molar-refractivity contribution is 5.88. The highest BCUT2D eigenvalue weighted by Gasteiger charge is 2.61. The van der Waals surface area contributed by atoms with Crippen molar-refractivity contribution in [1.29, 1.82) is 0 Å². The van der Waals surface area contributed by atoms with Crippen molar-refractivity contribution in [1.82, 2.24) is 5.32 Å². The lowest BCUT2D eigenvalue weighted by atomic mass is 9.70. The van der Waals surface area contributed by atoms with E-state index in [0.717, 1.165) is 12.8 Å². The Morgan fingerprint density at radius 1 is 1.32 bits per heavy atom. The number of rotatable bonds is 2. The van der Waals surface area contributed by atoms with Crippen LogP contribution in [0.15, 0.2) is 0 Å². The fourth-order valence-corrected chi connectivity index (χ4v) is 4.54. The Balaban J connectivity index is 1.72. The fraction of sp³-hybridized carbons (Fsp3) is 0.867. The van der Waals surface area contributed by atoms with Crippen LogP contribution in [0.25, 0.3) is 0 Å². The molecule has 1 aliphatic heterocycles. The highest BCUT2D eigenvalue weighted by Crippen LogP contribution is 2.63. The van der Waals surface area contributed by atoms with E-state index >= 15 is 0 Å². The van der Waals surface area contributed by atoms with E-state index in [-0.39, 0.29) is 28.8 Å². The van der Waals surface area contributed by atoms with Crippen molar-refractivity contribution in [3.8, 4) is 0 Å². The summed E-state index contributed by atoms with van der Waals surface area (Å²) in [7, 11) is 0. The number of carbonyl (C=O) groups is 2. The molecule has 1 saturated heterocycles. The van der Waals surface area contributed by atoms with Crippen molar-refractivity contribution < 1.29 is 14.3 Å². The zero-order valence-corrected chi connectivity index (χ0v) is 12.0. The van der Waals surface area contributed by atoms with E-state index in [1.54, 1.807) is 0 Å². The molecule has 1 unspecified atom stereocenters. The maximum atomic E-state index is 12.2. The molecule has 4 atom stereocenters. The zero-order chi connectivity index (χ0) is 13.8. The molecule has 2 bridgehead atoms. The third-order valence-corrected chi connectivity index (χ3v) is 5.65. The molecule has 0 radical (unpaired) electrons. The van der Waals surface area contributed by atoms with E-state index in [9.17, 15) is 9.59 Å². The predicted molar refractivity (Wildman–Crippen MR) is 70.3 cm³/mol. The Bertz CT molecular complexity index is 426. The Hall–Kier alpha value is -1.06. The van der Waals surface area contributed by atoms with Crippen LogP contribution in [-0.4, -0.2) is 24.0 Å². The van der Waals surface area contributed by atoms with Crippen LogP contribution in [0.5, 0.6) is 0 Å². The minimum atomic E-state index is -0.425. The van der Waals surface area contributed by atoms with Crippen LogP contribution in [0.3, 0.4) is 0 Å². The molecule has 3 aliphatic rings. The molecule has 0 aromatic rings. The van der Waals surface area contributed by atoms with Crippen LogP contribution in [0, 0.1) is 16.7 Å². The number of nitrogens with one attached hydrogen (secondary N) is 1. The Labute approximate surface area is 114 Å². The molecule has 3 rings (SSSR count). The second kappa shape index (κ2) is 3.97. The first-order valence-corrected chi connectivity index (χ1v) is 7.33. The predicted octanol–water partition coefficient (Wildman–Crippen LogP) is 2.02. The summed E-state index contributed by atoms with van der Waals surface area (Å²) in [5, 5.41) is 2.70. The van der Waals surface area contributed by atoms with Crippen molar-refractivity contribution in [2.75, 3.05) is 0 Å². The third kappa shape index (κ3) is 1.87. The summed E-state index contributed by atoms with van der Waals surface area (Å²) in [6, 6.07) is -0.425. The van der Waals surface area contributed by atoms with Crippen molar-refractivity contribution in [3.63, 3.8) is 0 Å². The molecule has 1 N–H and O–H groups in total. The van der Waals surface area contributed by atoms with Gasteiger partial charge in [-0.05, 0) is 31.6 Å². The average molecular weight is 265 g/mol. The smallest absolute Gasteiger partial charge is 0.328 e. The van der Waals surface area contributed by atoms with Gasteiger partial charge < -0.3 is 10.1 Å². The van der Waals surface area contributed by atoms with Crippen LogP contribution in [0.4, 0.5) is 0 Å². The summed E-state index contributed by atoms with van der Waals surface area (Å²) >= 11 is 0.